The second-order valence-electron chi connectivity index (χ2n) is 4.37. The average Bonchev–Trinajstić information content (AvgIpc) is 2.85. The largest absolute Gasteiger partial charge is 0.357 e. The molecule has 1 atom stereocenters. The molecule has 94 valence electrons. The lowest BCUT2D eigenvalue weighted by atomic mass is 10.2. The highest BCUT2D eigenvalue weighted by atomic mass is 16.5. The van der Waals surface area contributed by atoms with Crippen molar-refractivity contribution in [3.63, 3.8) is 0 Å². The van der Waals surface area contributed by atoms with E-state index >= 15 is 0 Å². The van der Waals surface area contributed by atoms with Gasteiger partial charge in [-0.3, -0.25) is 0 Å². The molecule has 0 amide bonds. The van der Waals surface area contributed by atoms with Crippen molar-refractivity contribution in [3.05, 3.63) is 24.0 Å². The molecule has 0 unspecified atom stereocenters. The number of hydrogen-bond donors (Lipinski definition) is 1. The Hall–Kier alpha value is -1.13. The fraction of sp³-hybridized carbons (Fsp3) is 0.615. The van der Waals surface area contributed by atoms with Crippen molar-refractivity contribution < 1.29 is 4.74 Å². The topological polar surface area (TPSA) is 39.1 Å². The molecule has 0 bridgehead atoms. The zero-order valence-corrected chi connectivity index (χ0v) is 10.4. The molecule has 0 aliphatic carbocycles. The molecule has 1 aliphatic rings. The molecule has 1 aromatic heterocycles. The molecule has 0 saturated carbocycles. The van der Waals surface area contributed by atoms with Gasteiger partial charge in [-0.15, -0.1) is 0 Å². The van der Waals surface area contributed by atoms with Gasteiger partial charge in [0, 0.05) is 18.4 Å². The van der Waals surface area contributed by atoms with Gasteiger partial charge in [-0.1, -0.05) is 12.2 Å². The normalized spacial score (nSPS) is 21.1. The quantitative estimate of drug-likeness (QED) is 0.795. The highest BCUT2D eigenvalue weighted by Gasteiger charge is 2.15. The Morgan fingerprint density at radius 1 is 1.59 bits per heavy atom. The summed E-state index contributed by atoms with van der Waals surface area (Å²) >= 11 is 0. The zero-order chi connectivity index (χ0) is 11.9. The predicted molar refractivity (Wildman–Crippen MR) is 68.6 cm³/mol. The molecule has 2 heterocycles. The maximum atomic E-state index is 5.69. The lowest BCUT2D eigenvalue weighted by Crippen LogP contribution is -2.18. The van der Waals surface area contributed by atoms with Crippen LogP contribution in [0, 0.1) is 0 Å². The number of nitrogens with zero attached hydrogens (tertiary/aromatic N) is 2. The van der Waals surface area contributed by atoms with Gasteiger partial charge >= 0.3 is 0 Å². The minimum Gasteiger partial charge on any atom is -0.357 e. The van der Waals surface area contributed by atoms with Crippen LogP contribution in [0.5, 0.6) is 0 Å². The van der Waals surface area contributed by atoms with Crippen molar-refractivity contribution in [2.45, 2.75) is 31.9 Å². The third-order valence-corrected chi connectivity index (χ3v) is 2.94. The van der Waals surface area contributed by atoms with Crippen LogP contribution in [0.2, 0.25) is 0 Å². The molecule has 1 N–H and O–H groups in total. The maximum absolute atomic E-state index is 5.69. The first-order chi connectivity index (χ1) is 8.40. The summed E-state index contributed by atoms with van der Waals surface area (Å²) in [7, 11) is 1.96. The minimum absolute atomic E-state index is 0.142. The number of hydrogen-bond acceptors (Lipinski definition) is 3. The fourth-order valence-corrected chi connectivity index (χ4v) is 1.98. The van der Waals surface area contributed by atoms with Crippen LogP contribution in [0.4, 0.5) is 0 Å². The second kappa shape index (κ2) is 6.57. The Bertz CT molecular complexity index is 353. The highest BCUT2D eigenvalue weighted by Crippen LogP contribution is 2.21. The van der Waals surface area contributed by atoms with E-state index in [0.717, 1.165) is 31.6 Å². The van der Waals surface area contributed by atoms with Crippen LogP contribution in [0.15, 0.2) is 18.5 Å². The number of aromatic nitrogens is 2. The van der Waals surface area contributed by atoms with E-state index in [9.17, 15) is 0 Å². The molecule has 4 heteroatoms. The van der Waals surface area contributed by atoms with Gasteiger partial charge in [0.2, 0.25) is 0 Å². The molecule has 0 spiro atoms. The third-order valence-electron chi connectivity index (χ3n) is 2.94. The first-order valence-corrected chi connectivity index (χ1v) is 6.37. The minimum atomic E-state index is 0.142. The summed E-state index contributed by atoms with van der Waals surface area (Å²) in [5, 5.41) is 7.48. The van der Waals surface area contributed by atoms with Gasteiger partial charge in [0.05, 0.1) is 6.20 Å². The molecule has 17 heavy (non-hydrogen) atoms. The summed E-state index contributed by atoms with van der Waals surface area (Å²) < 4.78 is 7.63. The summed E-state index contributed by atoms with van der Waals surface area (Å²) in [4.78, 5) is 0. The average molecular weight is 235 g/mol. The van der Waals surface area contributed by atoms with Crippen LogP contribution in [0.1, 0.15) is 37.5 Å². The lowest BCUT2D eigenvalue weighted by molar-refractivity contribution is -0.0394. The van der Waals surface area contributed by atoms with Crippen LogP contribution in [-0.2, 0) is 4.74 Å². The van der Waals surface area contributed by atoms with E-state index in [1.165, 1.54) is 12.8 Å². The summed E-state index contributed by atoms with van der Waals surface area (Å²) in [6.45, 7) is 1.87. The Morgan fingerprint density at radius 2 is 2.53 bits per heavy atom. The van der Waals surface area contributed by atoms with Crippen molar-refractivity contribution in [2.75, 3.05) is 20.2 Å². The van der Waals surface area contributed by atoms with E-state index in [0.29, 0.717) is 0 Å². The van der Waals surface area contributed by atoms with Crippen molar-refractivity contribution in [2.24, 2.45) is 0 Å². The maximum Gasteiger partial charge on any atom is 0.150 e. The summed E-state index contributed by atoms with van der Waals surface area (Å²) in [6, 6.07) is 0. The Labute approximate surface area is 103 Å². The molecule has 4 nitrogen and oxygen atoms in total. The van der Waals surface area contributed by atoms with Crippen LogP contribution in [0.25, 0.3) is 6.08 Å². The molecule has 1 saturated heterocycles. The van der Waals surface area contributed by atoms with Crippen LogP contribution < -0.4 is 5.32 Å². The Balaban J connectivity index is 1.88. The van der Waals surface area contributed by atoms with E-state index in [2.05, 4.69) is 28.8 Å². The number of nitrogens with one attached hydrogen (secondary N) is 1. The van der Waals surface area contributed by atoms with Gasteiger partial charge in [0.1, 0.15) is 6.23 Å². The smallest absolute Gasteiger partial charge is 0.150 e. The summed E-state index contributed by atoms with van der Waals surface area (Å²) in [5.41, 5.74) is 1.15. The first kappa shape index (κ1) is 12.3. The van der Waals surface area contributed by atoms with Gasteiger partial charge < -0.3 is 10.1 Å². The van der Waals surface area contributed by atoms with Crippen LogP contribution in [-0.4, -0.2) is 30.0 Å². The molecule has 1 fully saturated rings. The van der Waals surface area contributed by atoms with Gasteiger partial charge in [-0.2, -0.15) is 5.10 Å². The summed E-state index contributed by atoms with van der Waals surface area (Å²) in [5.74, 6) is 0. The Morgan fingerprint density at radius 3 is 3.29 bits per heavy atom. The van der Waals surface area contributed by atoms with E-state index in [1.54, 1.807) is 0 Å². The van der Waals surface area contributed by atoms with Crippen molar-refractivity contribution in [1.29, 1.82) is 0 Å². The summed E-state index contributed by atoms with van der Waals surface area (Å²) in [6.07, 6.45) is 12.9. The van der Waals surface area contributed by atoms with E-state index in [1.807, 2.05) is 17.9 Å². The molecule has 1 aromatic rings. The van der Waals surface area contributed by atoms with Crippen molar-refractivity contribution in [3.8, 4) is 0 Å². The molecule has 0 radical (unpaired) electrons. The first-order valence-electron chi connectivity index (χ1n) is 6.37. The third kappa shape index (κ3) is 3.68. The fourth-order valence-electron chi connectivity index (χ4n) is 1.98. The monoisotopic (exact) mass is 235 g/mol. The molecular formula is C13H21N3O. The van der Waals surface area contributed by atoms with Gasteiger partial charge in [-0.25, -0.2) is 4.68 Å². The highest BCUT2D eigenvalue weighted by molar-refractivity contribution is 5.46. The molecular weight excluding hydrogens is 214 g/mol. The van der Waals surface area contributed by atoms with Gasteiger partial charge in [0.25, 0.3) is 0 Å². The zero-order valence-electron chi connectivity index (χ0n) is 10.4. The second-order valence-corrected chi connectivity index (χ2v) is 4.37. The van der Waals surface area contributed by atoms with E-state index in [4.69, 9.17) is 4.74 Å². The standard InChI is InChI=1S/C13H21N3O/c1-14-8-4-2-6-12-10-15-16(11-12)13-7-3-5-9-17-13/h2,6,10-11,13-14H,3-5,7-9H2,1H3/t13-/m0/s1. The number of ether oxygens (including phenoxy) is 1. The predicted octanol–water partition coefficient (Wildman–Crippen LogP) is 2.20. The van der Waals surface area contributed by atoms with E-state index < -0.39 is 0 Å². The molecule has 2 rings (SSSR count). The van der Waals surface area contributed by atoms with Crippen LogP contribution >= 0.6 is 0 Å². The Kier molecular flexibility index (Phi) is 4.76. The number of rotatable bonds is 5. The lowest BCUT2D eigenvalue weighted by Gasteiger charge is -2.22. The van der Waals surface area contributed by atoms with E-state index in [-0.39, 0.29) is 6.23 Å². The van der Waals surface area contributed by atoms with Gasteiger partial charge in [-0.05, 0) is 39.3 Å². The van der Waals surface area contributed by atoms with Crippen molar-refractivity contribution >= 4 is 6.08 Å². The van der Waals surface area contributed by atoms with Gasteiger partial charge in [0.15, 0.2) is 0 Å². The van der Waals surface area contributed by atoms with Crippen LogP contribution in [0.3, 0.4) is 0 Å². The molecule has 0 aromatic carbocycles. The van der Waals surface area contributed by atoms with Crippen molar-refractivity contribution in [1.82, 2.24) is 15.1 Å². The SMILES string of the molecule is CNCCC=Cc1cnn([C@@H]2CCCCO2)c1. The molecule has 1 aliphatic heterocycles.